The summed E-state index contributed by atoms with van der Waals surface area (Å²) in [5, 5.41) is 2.14. The number of hydrogen-bond donors (Lipinski definition) is 0. The lowest BCUT2D eigenvalue weighted by Crippen LogP contribution is -2.13. The molecule has 0 unspecified atom stereocenters. The first-order valence-corrected chi connectivity index (χ1v) is 16.3. The smallest absolute Gasteiger partial charge is 0.123 e. The summed E-state index contributed by atoms with van der Waals surface area (Å²) in [7, 11) is 0. The molecule has 49 heavy (non-hydrogen) atoms. The van der Waals surface area contributed by atoms with Crippen LogP contribution in [0.15, 0.2) is 188 Å². The molecular weight excluding hydrogens is 605 g/mol. The number of anilines is 3. The Morgan fingerprint density at radius 3 is 1.33 bits per heavy atom. The molecule has 0 heterocycles. The van der Waals surface area contributed by atoms with Crippen LogP contribution in [0, 0.1) is 11.6 Å². The maximum atomic E-state index is 14.7. The number of benzene rings is 8. The van der Waals surface area contributed by atoms with E-state index in [-0.39, 0.29) is 11.6 Å². The largest absolute Gasteiger partial charge is 0.309 e. The molecule has 0 bridgehead atoms. The zero-order chi connectivity index (χ0) is 33.2. The molecule has 3 heteroatoms. The fraction of sp³-hybridized carbons (Fsp3) is 0. The van der Waals surface area contributed by atoms with E-state index in [0.29, 0.717) is 0 Å². The highest BCUT2D eigenvalue weighted by Crippen LogP contribution is 2.48. The van der Waals surface area contributed by atoms with Gasteiger partial charge in [-0.15, -0.1) is 0 Å². The summed E-state index contributed by atoms with van der Waals surface area (Å²) in [6.07, 6.45) is 0. The van der Waals surface area contributed by atoms with Gasteiger partial charge in [0, 0.05) is 16.5 Å². The van der Waals surface area contributed by atoms with Crippen molar-refractivity contribution in [3.63, 3.8) is 0 Å². The van der Waals surface area contributed by atoms with Crippen molar-refractivity contribution in [1.29, 1.82) is 0 Å². The third-order valence-electron chi connectivity index (χ3n) is 8.97. The number of rotatable bonds is 7. The average Bonchev–Trinajstić information content (AvgIpc) is 3.16. The first-order chi connectivity index (χ1) is 24.1. The van der Waals surface area contributed by atoms with Gasteiger partial charge in [-0.2, -0.15) is 0 Å². The van der Waals surface area contributed by atoms with Gasteiger partial charge in [0.25, 0.3) is 0 Å². The van der Waals surface area contributed by atoms with Gasteiger partial charge in [-0.1, -0.05) is 133 Å². The Bertz CT molecular complexity index is 2330. The summed E-state index contributed by atoms with van der Waals surface area (Å²) < 4.78 is 29.5. The minimum Gasteiger partial charge on any atom is -0.309 e. The molecule has 0 radical (unpaired) electrons. The van der Waals surface area contributed by atoms with Gasteiger partial charge in [0.1, 0.15) is 11.6 Å². The van der Waals surface area contributed by atoms with Crippen molar-refractivity contribution in [1.82, 2.24) is 0 Å². The normalized spacial score (nSPS) is 11.1. The zero-order valence-corrected chi connectivity index (χ0v) is 26.6. The van der Waals surface area contributed by atoms with Gasteiger partial charge in [0.05, 0.1) is 17.1 Å². The maximum Gasteiger partial charge on any atom is 0.123 e. The van der Waals surface area contributed by atoms with E-state index in [2.05, 4.69) is 95.9 Å². The van der Waals surface area contributed by atoms with Crippen LogP contribution in [-0.2, 0) is 0 Å². The molecule has 8 rings (SSSR count). The fourth-order valence-corrected chi connectivity index (χ4v) is 6.75. The van der Waals surface area contributed by atoms with Gasteiger partial charge in [0.15, 0.2) is 0 Å². The van der Waals surface area contributed by atoms with Crippen LogP contribution in [0.1, 0.15) is 0 Å². The molecule has 0 aliphatic heterocycles. The van der Waals surface area contributed by atoms with Crippen molar-refractivity contribution in [2.24, 2.45) is 0 Å². The maximum absolute atomic E-state index is 14.7. The van der Waals surface area contributed by atoms with E-state index in [9.17, 15) is 8.78 Å². The molecular formula is C46H31F2N. The number of nitrogens with zero attached hydrogens (tertiary/aromatic N) is 1. The number of para-hydroxylation sites is 2. The van der Waals surface area contributed by atoms with Crippen LogP contribution in [0.25, 0.3) is 55.3 Å². The van der Waals surface area contributed by atoms with E-state index in [1.54, 1.807) is 24.3 Å². The van der Waals surface area contributed by atoms with Crippen LogP contribution in [-0.4, -0.2) is 0 Å². The van der Waals surface area contributed by atoms with Gasteiger partial charge < -0.3 is 4.90 Å². The summed E-state index contributed by atoms with van der Waals surface area (Å²) in [5.41, 5.74) is 10.4. The Morgan fingerprint density at radius 1 is 0.286 bits per heavy atom. The third kappa shape index (κ3) is 5.88. The van der Waals surface area contributed by atoms with Crippen LogP contribution < -0.4 is 4.90 Å². The third-order valence-corrected chi connectivity index (χ3v) is 8.97. The van der Waals surface area contributed by atoms with Gasteiger partial charge in [0.2, 0.25) is 0 Å². The second kappa shape index (κ2) is 13.1. The van der Waals surface area contributed by atoms with Gasteiger partial charge in [-0.05, 0) is 93.4 Å². The highest BCUT2D eigenvalue weighted by atomic mass is 19.1. The molecule has 0 saturated carbocycles. The lowest BCUT2D eigenvalue weighted by Gasteiger charge is -2.31. The van der Waals surface area contributed by atoms with Crippen molar-refractivity contribution in [3.05, 3.63) is 200 Å². The predicted octanol–water partition coefficient (Wildman–Crippen LogP) is 13.3. The van der Waals surface area contributed by atoms with Crippen molar-refractivity contribution < 1.29 is 8.78 Å². The van der Waals surface area contributed by atoms with Crippen LogP contribution in [0.5, 0.6) is 0 Å². The van der Waals surface area contributed by atoms with Crippen molar-refractivity contribution in [2.45, 2.75) is 0 Å². The molecule has 8 aromatic carbocycles. The second-order valence-corrected chi connectivity index (χ2v) is 12.0. The number of fused-ring (bicyclic) bond motifs is 1. The van der Waals surface area contributed by atoms with Crippen LogP contribution in [0.3, 0.4) is 0 Å². The van der Waals surface area contributed by atoms with Crippen LogP contribution in [0.4, 0.5) is 25.8 Å². The van der Waals surface area contributed by atoms with Crippen LogP contribution in [0.2, 0.25) is 0 Å². The fourth-order valence-electron chi connectivity index (χ4n) is 6.75. The summed E-state index contributed by atoms with van der Waals surface area (Å²) in [6, 6.07) is 61.4. The average molecular weight is 636 g/mol. The molecule has 0 aliphatic carbocycles. The SMILES string of the molecule is Fc1cccc(-c2ccccc2N(c2ccccc2-c2cccc(F)c2)c2cccc3c(-c4ccccc4)cc(-c4ccccc4)cc23)c1. The Hall–Kier alpha value is -6.32. The second-order valence-electron chi connectivity index (χ2n) is 12.0. The summed E-state index contributed by atoms with van der Waals surface area (Å²) >= 11 is 0. The highest BCUT2D eigenvalue weighted by Gasteiger charge is 2.23. The Morgan fingerprint density at radius 2 is 0.755 bits per heavy atom. The molecule has 0 atom stereocenters. The minimum absolute atomic E-state index is 0.302. The molecule has 234 valence electrons. The first-order valence-electron chi connectivity index (χ1n) is 16.3. The van der Waals surface area contributed by atoms with E-state index >= 15 is 0 Å². The molecule has 0 aliphatic rings. The van der Waals surface area contributed by atoms with Crippen molar-refractivity contribution in [2.75, 3.05) is 4.90 Å². The van der Waals surface area contributed by atoms with Gasteiger partial charge in [-0.3, -0.25) is 0 Å². The van der Waals surface area contributed by atoms with E-state index in [1.165, 1.54) is 12.1 Å². The molecule has 0 fully saturated rings. The first kappa shape index (κ1) is 30.0. The minimum atomic E-state index is -0.302. The van der Waals surface area contributed by atoms with Crippen LogP contribution >= 0.6 is 0 Å². The van der Waals surface area contributed by atoms with E-state index in [4.69, 9.17) is 0 Å². The number of hydrogen-bond acceptors (Lipinski definition) is 1. The van der Waals surface area contributed by atoms with Crippen molar-refractivity contribution >= 4 is 27.8 Å². The quantitative estimate of drug-likeness (QED) is 0.168. The molecule has 1 nitrogen and oxygen atoms in total. The molecule has 0 spiro atoms. The van der Waals surface area contributed by atoms with E-state index in [0.717, 1.165) is 72.3 Å². The van der Waals surface area contributed by atoms with Crippen molar-refractivity contribution in [3.8, 4) is 44.5 Å². The molecule has 0 N–H and O–H groups in total. The Kier molecular flexibility index (Phi) is 8.01. The lowest BCUT2D eigenvalue weighted by atomic mass is 9.91. The monoisotopic (exact) mass is 635 g/mol. The van der Waals surface area contributed by atoms with E-state index < -0.39 is 0 Å². The van der Waals surface area contributed by atoms with Gasteiger partial charge >= 0.3 is 0 Å². The summed E-state index contributed by atoms with van der Waals surface area (Å²) in [5.74, 6) is -0.603. The summed E-state index contributed by atoms with van der Waals surface area (Å²) in [4.78, 5) is 2.24. The Labute approximate surface area is 285 Å². The summed E-state index contributed by atoms with van der Waals surface area (Å²) in [6.45, 7) is 0. The lowest BCUT2D eigenvalue weighted by molar-refractivity contribution is 0.628. The zero-order valence-electron chi connectivity index (χ0n) is 26.6. The topological polar surface area (TPSA) is 3.24 Å². The Balaban J connectivity index is 1.48. The number of halogens is 2. The molecule has 0 amide bonds. The van der Waals surface area contributed by atoms with E-state index in [1.807, 2.05) is 60.7 Å². The standard InChI is InChI=1S/C46H31F2N/c47-37-20-11-18-34(28-37)39-22-7-9-25-44(39)49(45-26-10-8-23-40(45)35-19-12-21-38(48)29-35)46-27-13-24-41-42(33-16-5-2-6-17-33)30-36(31-43(41)46)32-14-3-1-4-15-32/h1-31H. The van der Waals surface area contributed by atoms with Gasteiger partial charge in [-0.25, -0.2) is 8.78 Å². The molecule has 0 aromatic heterocycles. The predicted molar refractivity (Wildman–Crippen MR) is 200 cm³/mol. The molecule has 8 aromatic rings. The highest BCUT2D eigenvalue weighted by molar-refractivity contribution is 6.09. The molecule has 0 saturated heterocycles.